The van der Waals surface area contributed by atoms with E-state index < -0.39 is 0 Å². The van der Waals surface area contributed by atoms with Crippen molar-refractivity contribution in [2.24, 2.45) is 4.99 Å². The Morgan fingerprint density at radius 3 is 2.65 bits per heavy atom. The monoisotopic (exact) mass is 471 g/mol. The van der Waals surface area contributed by atoms with Gasteiger partial charge < -0.3 is 15.4 Å². The molecular formula is C18H26IN5O2. The first kappa shape index (κ1) is 21.9. The lowest BCUT2D eigenvalue weighted by Crippen LogP contribution is -2.38. The number of methoxy groups -OCH3 is 1. The summed E-state index contributed by atoms with van der Waals surface area (Å²) in [7, 11) is 1.38. The Balaban J connectivity index is 0.00000338. The Labute approximate surface area is 171 Å². The van der Waals surface area contributed by atoms with E-state index >= 15 is 0 Å². The molecule has 7 nitrogen and oxygen atoms in total. The Hall–Kier alpha value is -2.10. The van der Waals surface area contributed by atoms with Crippen LogP contribution in [0.25, 0.3) is 5.69 Å². The standard InChI is InChI=1S/C18H25N5O2.HI/c1-3-19-18(21-13-10-17(24)25-2)20-12-9-15-5-7-16(8-6-15)23-14-4-11-22-23;/h4-8,11,14H,3,9-10,12-13H2,1-2H3,(H2,19,20,21);1H. The van der Waals surface area contributed by atoms with Gasteiger partial charge in [-0.25, -0.2) is 4.68 Å². The third kappa shape index (κ3) is 7.42. The predicted molar refractivity (Wildman–Crippen MR) is 113 cm³/mol. The first-order chi connectivity index (χ1) is 12.2. The van der Waals surface area contributed by atoms with Crippen molar-refractivity contribution in [1.29, 1.82) is 0 Å². The number of hydrogen-bond donors (Lipinski definition) is 2. The molecule has 0 fully saturated rings. The van der Waals surface area contributed by atoms with Crippen molar-refractivity contribution >= 4 is 35.9 Å². The number of rotatable bonds is 8. The first-order valence-electron chi connectivity index (χ1n) is 8.41. The summed E-state index contributed by atoms with van der Waals surface area (Å²) in [5.74, 6) is 0.455. The van der Waals surface area contributed by atoms with Crippen LogP contribution in [0.2, 0.25) is 0 Å². The number of hydrogen-bond acceptors (Lipinski definition) is 4. The largest absolute Gasteiger partial charge is 0.469 e. The molecule has 1 aromatic heterocycles. The highest BCUT2D eigenvalue weighted by Gasteiger charge is 2.02. The lowest BCUT2D eigenvalue weighted by molar-refractivity contribution is -0.140. The molecule has 1 heterocycles. The van der Waals surface area contributed by atoms with Crippen LogP contribution < -0.4 is 10.6 Å². The molecule has 0 bridgehead atoms. The topological polar surface area (TPSA) is 80.5 Å². The van der Waals surface area contributed by atoms with Gasteiger partial charge in [0.2, 0.25) is 0 Å². The summed E-state index contributed by atoms with van der Waals surface area (Å²) in [6.07, 6.45) is 4.84. The van der Waals surface area contributed by atoms with E-state index in [-0.39, 0.29) is 36.4 Å². The van der Waals surface area contributed by atoms with E-state index in [9.17, 15) is 4.79 Å². The molecule has 0 atom stereocenters. The number of carbonyl (C=O) groups excluding carboxylic acids is 1. The average Bonchev–Trinajstić information content (AvgIpc) is 3.17. The minimum atomic E-state index is -0.253. The van der Waals surface area contributed by atoms with Gasteiger partial charge in [0.15, 0.2) is 5.96 Å². The summed E-state index contributed by atoms with van der Waals surface area (Å²) in [5.41, 5.74) is 2.27. The van der Waals surface area contributed by atoms with Crippen molar-refractivity contribution in [3.8, 4) is 5.69 Å². The van der Waals surface area contributed by atoms with Crippen molar-refractivity contribution in [2.75, 3.05) is 26.7 Å². The second-order valence-corrected chi connectivity index (χ2v) is 5.38. The summed E-state index contributed by atoms with van der Waals surface area (Å²) in [6.45, 7) is 3.93. The third-order valence-electron chi connectivity index (χ3n) is 3.57. The summed E-state index contributed by atoms with van der Waals surface area (Å²) < 4.78 is 6.44. The average molecular weight is 471 g/mol. The highest BCUT2D eigenvalue weighted by atomic mass is 127. The van der Waals surface area contributed by atoms with Crippen molar-refractivity contribution in [2.45, 2.75) is 19.8 Å². The van der Waals surface area contributed by atoms with Gasteiger partial charge in [0.1, 0.15) is 0 Å². The molecular weight excluding hydrogens is 445 g/mol. The number of aliphatic imine (C=N–C) groups is 1. The van der Waals surface area contributed by atoms with Crippen molar-refractivity contribution in [3.63, 3.8) is 0 Å². The lowest BCUT2D eigenvalue weighted by atomic mass is 10.1. The van der Waals surface area contributed by atoms with Crippen LogP contribution >= 0.6 is 24.0 Å². The molecule has 0 aliphatic carbocycles. The second kappa shape index (κ2) is 12.3. The molecule has 0 saturated heterocycles. The lowest BCUT2D eigenvalue weighted by Gasteiger charge is -2.11. The maximum atomic E-state index is 11.1. The van der Waals surface area contributed by atoms with Crippen LogP contribution in [0.4, 0.5) is 0 Å². The minimum absolute atomic E-state index is 0. The van der Waals surface area contributed by atoms with Crippen molar-refractivity contribution in [1.82, 2.24) is 20.4 Å². The van der Waals surface area contributed by atoms with E-state index in [1.54, 1.807) is 6.20 Å². The number of carbonyl (C=O) groups is 1. The third-order valence-corrected chi connectivity index (χ3v) is 3.57. The van der Waals surface area contributed by atoms with E-state index in [1.165, 1.54) is 12.7 Å². The van der Waals surface area contributed by atoms with E-state index in [1.807, 2.05) is 23.9 Å². The summed E-state index contributed by atoms with van der Waals surface area (Å²) >= 11 is 0. The summed E-state index contributed by atoms with van der Waals surface area (Å²) in [6, 6.07) is 10.2. The van der Waals surface area contributed by atoms with Crippen LogP contribution in [0.3, 0.4) is 0 Å². The molecule has 0 radical (unpaired) electrons. The molecule has 2 rings (SSSR count). The zero-order chi connectivity index (χ0) is 17.9. The van der Waals surface area contributed by atoms with Crippen LogP contribution in [0.1, 0.15) is 18.9 Å². The van der Waals surface area contributed by atoms with Gasteiger partial charge in [0.05, 0.1) is 25.8 Å². The molecule has 0 saturated carbocycles. The molecule has 0 aliphatic rings. The molecule has 1 aromatic carbocycles. The fourth-order valence-electron chi connectivity index (χ4n) is 2.26. The molecule has 0 aliphatic heterocycles. The molecule has 0 unspecified atom stereocenters. The maximum absolute atomic E-state index is 11.1. The summed E-state index contributed by atoms with van der Waals surface area (Å²) in [4.78, 5) is 15.5. The van der Waals surface area contributed by atoms with E-state index in [2.05, 4.69) is 49.7 Å². The Morgan fingerprint density at radius 1 is 1.27 bits per heavy atom. The van der Waals surface area contributed by atoms with Gasteiger partial charge in [-0.15, -0.1) is 24.0 Å². The van der Waals surface area contributed by atoms with Gasteiger partial charge in [-0.3, -0.25) is 9.79 Å². The molecule has 2 N–H and O–H groups in total. The zero-order valence-electron chi connectivity index (χ0n) is 15.1. The smallest absolute Gasteiger partial charge is 0.307 e. The van der Waals surface area contributed by atoms with Crippen LogP contribution in [0, 0.1) is 0 Å². The predicted octanol–water partition coefficient (Wildman–Crippen LogP) is 2.15. The zero-order valence-corrected chi connectivity index (χ0v) is 17.5. The van der Waals surface area contributed by atoms with Crippen LogP contribution in [0.15, 0.2) is 47.7 Å². The highest BCUT2D eigenvalue weighted by molar-refractivity contribution is 14.0. The van der Waals surface area contributed by atoms with E-state index in [4.69, 9.17) is 0 Å². The van der Waals surface area contributed by atoms with Crippen LogP contribution in [0.5, 0.6) is 0 Å². The second-order valence-electron chi connectivity index (χ2n) is 5.38. The van der Waals surface area contributed by atoms with Gasteiger partial charge >= 0.3 is 5.97 Å². The quantitative estimate of drug-likeness (QED) is 0.267. The van der Waals surface area contributed by atoms with Crippen molar-refractivity contribution in [3.05, 3.63) is 48.3 Å². The van der Waals surface area contributed by atoms with E-state index in [0.29, 0.717) is 12.5 Å². The number of guanidine groups is 1. The number of ether oxygens (including phenoxy) is 1. The van der Waals surface area contributed by atoms with E-state index in [0.717, 1.165) is 25.2 Å². The molecule has 0 spiro atoms. The van der Waals surface area contributed by atoms with Gasteiger partial charge in [-0.05, 0) is 37.1 Å². The number of nitrogens with one attached hydrogen (secondary N) is 2. The van der Waals surface area contributed by atoms with Gasteiger partial charge in [0, 0.05) is 25.5 Å². The fraction of sp³-hybridized carbons (Fsp3) is 0.389. The molecule has 8 heteroatoms. The Bertz CT molecular complexity index is 671. The van der Waals surface area contributed by atoms with Crippen LogP contribution in [-0.2, 0) is 16.0 Å². The molecule has 26 heavy (non-hydrogen) atoms. The number of nitrogens with zero attached hydrogens (tertiary/aromatic N) is 3. The summed E-state index contributed by atoms with van der Waals surface area (Å²) in [5, 5.41) is 10.7. The van der Waals surface area contributed by atoms with Crippen LogP contribution in [-0.4, -0.2) is 48.5 Å². The Kier molecular flexibility index (Phi) is 10.4. The van der Waals surface area contributed by atoms with Gasteiger partial charge in [-0.1, -0.05) is 12.1 Å². The Morgan fingerprint density at radius 2 is 2.04 bits per heavy atom. The normalized spacial score (nSPS) is 10.8. The number of esters is 1. The molecule has 142 valence electrons. The van der Waals surface area contributed by atoms with Crippen molar-refractivity contribution < 1.29 is 9.53 Å². The highest BCUT2D eigenvalue weighted by Crippen LogP contribution is 2.08. The number of aromatic nitrogens is 2. The minimum Gasteiger partial charge on any atom is -0.469 e. The fourth-order valence-corrected chi connectivity index (χ4v) is 2.26. The molecule has 0 amide bonds. The van der Waals surface area contributed by atoms with Gasteiger partial charge in [0.25, 0.3) is 0 Å². The number of halogens is 1. The first-order valence-corrected chi connectivity index (χ1v) is 8.41. The maximum Gasteiger partial charge on any atom is 0.307 e. The number of benzene rings is 1. The SMILES string of the molecule is CCNC(=NCCC(=O)OC)NCCc1ccc(-n2cccn2)cc1.I. The molecule has 2 aromatic rings. The van der Waals surface area contributed by atoms with Gasteiger partial charge in [-0.2, -0.15) is 5.10 Å².